The molecule has 15 heavy (non-hydrogen) atoms. The molecular weight excluding hydrogens is 194 g/mol. The number of hydrogen-bond acceptors (Lipinski definition) is 3. The monoisotopic (exact) mass is 205 g/mol. The van der Waals surface area contributed by atoms with E-state index >= 15 is 0 Å². The molecular formula is C10H11N3O2. The highest BCUT2D eigenvalue weighted by Gasteiger charge is 2.04. The van der Waals surface area contributed by atoms with Crippen LogP contribution in [0.1, 0.15) is 0 Å². The molecule has 0 saturated carbocycles. The first-order chi connectivity index (χ1) is 7.22. The number of nitrogens with one attached hydrogen (secondary N) is 1. The lowest BCUT2D eigenvalue weighted by Gasteiger charge is -2.03. The molecule has 5 heteroatoms. The Labute approximate surface area is 86.1 Å². The molecule has 2 rings (SSSR count). The zero-order valence-corrected chi connectivity index (χ0v) is 8.23. The van der Waals surface area contributed by atoms with Crippen molar-refractivity contribution in [3.05, 3.63) is 40.8 Å². The highest BCUT2D eigenvalue weighted by molar-refractivity contribution is 5.42. The maximum atomic E-state index is 11.5. The quantitative estimate of drug-likeness (QED) is 0.760. The minimum Gasteiger partial charge on any atom is -0.497 e. The second-order valence-corrected chi connectivity index (χ2v) is 3.07. The molecule has 0 spiro atoms. The SMILES string of the molecule is COc1cccc(-n2[nH]cc(N)c2=O)c1. The Morgan fingerprint density at radius 1 is 1.47 bits per heavy atom. The molecule has 1 aromatic heterocycles. The van der Waals surface area contributed by atoms with E-state index in [1.165, 1.54) is 10.9 Å². The Hall–Kier alpha value is -2.17. The molecule has 0 saturated heterocycles. The summed E-state index contributed by atoms with van der Waals surface area (Å²) in [6, 6.07) is 7.15. The van der Waals surface area contributed by atoms with Crippen LogP contribution in [0, 0.1) is 0 Å². The van der Waals surface area contributed by atoms with Crippen molar-refractivity contribution in [3.63, 3.8) is 0 Å². The third kappa shape index (κ3) is 1.59. The van der Waals surface area contributed by atoms with Crippen molar-refractivity contribution in [2.24, 2.45) is 0 Å². The Morgan fingerprint density at radius 2 is 2.27 bits per heavy atom. The van der Waals surface area contributed by atoms with Gasteiger partial charge in [-0.15, -0.1) is 0 Å². The number of nitrogens with zero attached hydrogens (tertiary/aromatic N) is 1. The number of nitrogen functional groups attached to an aromatic ring is 1. The third-order valence-electron chi connectivity index (χ3n) is 2.11. The lowest BCUT2D eigenvalue weighted by atomic mass is 10.3. The van der Waals surface area contributed by atoms with Gasteiger partial charge in [0.05, 0.1) is 12.8 Å². The summed E-state index contributed by atoms with van der Waals surface area (Å²) in [5.41, 5.74) is 6.08. The lowest BCUT2D eigenvalue weighted by molar-refractivity contribution is 0.414. The summed E-state index contributed by atoms with van der Waals surface area (Å²) >= 11 is 0. The molecule has 78 valence electrons. The van der Waals surface area contributed by atoms with E-state index in [4.69, 9.17) is 10.5 Å². The second-order valence-electron chi connectivity index (χ2n) is 3.07. The van der Waals surface area contributed by atoms with Crippen LogP contribution in [0.2, 0.25) is 0 Å². The fourth-order valence-corrected chi connectivity index (χ4v) is 1.32. The average molecular weight is 205 g/mol. The van der Waals surface area contributed by atoms with Crippen LogP contribution in [0.4, 0.5) is 5.69 Å². The Bertz CT molecular complexity index is 527. The van der Waals surface area contributed by atoms with Crippen LogP contribution in [0.5, 0.6) is 5.75 Å². The fraction of sp³-hybridized carbons (Fsp3) is 0.100. The summed E-state index contributed by atoms with van der Waals surface area (Å²) in [4.78, 5) is 11.5. The molecule has 0 aliphatic rings. The number of ether oxygens (including phenoxy) is 1. The molecule has 2 aromatic rings. The predicted octanol–water partition coefficient (Wildman–Crippen LogP) is 0.756. The highest BCUT2D eigenvalue weighted by atomic mass is 16.5. The summed E-state index contributed by atoms with van der Waals surface area (Å²) in [7, 11) is 1.57. The summed E-state index contributed by atoms with van der Waals surface area (Å²) in [5.74, 6) is 0.688. The van der Waals surface area contributed by atoms with Gasteiger partial charge in [-0.3, -0.25) is 9.89 Å². The average Bonchev–Trinajstić information content (AvgIpc) is 2.60. The van der Waals surface area contributed by atoms with E-state index < -0.39 is 0 Å². The minimum absolute atomic E-state index is 0.192. The van der Waals surface area contributed by atoms with Crippen molar-refractivity contribution >= 4 is 5.69 Å². The van der Waals surface area contributed by atoms with Crippen molar-refractivity contribution in [3.8, 4) is 11.4 Å². The Kier molecular flexibility index (Phi) is 2.21. The van der Waals surface area contributed by atoms with Crippen molar-refractivity contribution in [1.29, 1.82) is 0 Å². The first kappa shape index (κ1) is 9.39. The molecule has 0 fully saturated rings. The number of aromatic nitrogens is 2. The van der Waals surface area contributed by atoms with Gasteiger partial charge in [0.25, 0.3) is 5.56 Å². The van der Waals surface area contributed by atoms with Crippen LogP contribution in [-0.2, 0) is 0 Å². The number of aromatic amines is 1. The topological polar surface area (TPSA) is 73.0 Å². The maximum absolute atomic E-state index is 11.5. The smallest absolute Gasteiger partial charge is 0.294 e. The molecule has 0 aliphatic heterocycles. The standard InChI is InChI=1S/C10H11N3O2/c1-15-8-4-2-3-7(5-8)13-10(14)9(11)6-12-13/h2-6,12H,11H2,1H3. The van der Waals surface area contributed by atoms with Gasteiger partial charge in [0.1, 0.15) is 11.4 Å². The van der Waals surface area contributed by atoms with Crippen molar-refractivity contribution in [1.82, 2.24) is 9.78 Å². The van der Waals surface area contributed by atoms with Gasteiger partial charge in [-0.05, 0) is 12.1 Å². The van der Waals surface area contributed by atoms with Crippen LogP contribution >= 0.6 is 0 Å². The first-order valence-electron chi connectivity index (χ1n) is 4.42. The normalized spacial score (nSPS) is 10.2. The molecule has 5 nitrogen and oxygen atoms in total. The molecule has 1 heterocycles. The Morgan fingerprint density at radius 3 is 2.87 bits per heavy atom. The molecule has 0 aliphatic carbocycles. The lowest BCUT2D eigenvalue weighted by Crippen LogP contribution is -2.16. The molecule has 0 radical (unpaired) electrons. The van der Waals surface area contributed by atoms with E-state index in [1.54, 1.807) is 31.4 Å². The van der Waals surface area contributed by atoms with Gasteiger partial charge in [-0.2, -0.15) is 0 Å². The summed E-state index contributed by atoms with van der Waals surface area (Å²) in [6.45, 7) is 0. The van der Waals surface area contributed by atoms with Gasteiger partial charge >= 0.3 is 0 Å². The van der Waals surface area contributed by atoms with E-state index in [2.05, 4.69) is 5.10 Å². The summed E-state index contributed by atoms with van der Waals surface area (Å²) < 4.78 is 6.42. The number of benzene rings is 1. The van der Waals surface area contributed by atoms with Gasteiger partial charge in [-0.25, -0.2) is 4.68 Å². The van der Waals surface area contributed by atoms with Gasteiger partial charge in [0, 0.05) is 12.3 Å². The molecule has 3 N–H and O–H groups in total. The molecule has 0 atom stereocenters. The largest absolute Gasteiger partial charge is 0.497 e. The van der Waals surface area contributed by atoms with Crippen LogP contribution in [0.15, 0.2) is 35.3 Å². The maximum Gasteiger partial charge on any atom is 0.294 e. The number of H-pyrrole nitrogens is 1. The van der Waals surface area contributed by atoms with E-state index in [0.29, 0.717) is 11.4 Å². The molecule has 1 aromatic carbocycles. The zero-order chi connectivity index (χ0) is 10.8. The van der Waals surface area contributed by atoms with Crippen LogP contribution in [0.3, 0.4) is 0 Å². The number of anilines is 1. The van der Waals surface area contributed by atoms with Crippen molar-refractivity contribution in [2.45, 2.75) is 0 Å². The first-order valence-corrected chi connectivity index (χ1v) is 4.42. The van der Waals surface area contributed by atoms with Gasteiger partial charge in [-0.1, -0.05) is 6.07 Å². The van der Waals surface area contributed by atoms with E-state index in [9.17, 15) is 4.79 Å². The van der Waals surface area contributed by atoms with E-state index in [1.807, 2.05) is 0 Å². The number of hydrogen-bond donors (Lipinski definition) is 2. The predicted molar refractivity (Wildman–Crippen MR) is 57.4 cm³/mol. The minimum atomic E-state index is -0.261. The second kappa shape index (κ2) is 3.53. The van der Waals surface area contributed by atoms with E-state index in [0.717, 1.165) is 0 Å². The fourth-order valence-electron chi connectivity index (χ4n) is 1.32. The van der Waals surface area contributed by atoms with Gasteiger partial charge in [0.15, 0.2) is 0 Å². The van der Waals surface area contributed by atoms with Crippen molar-refractivity contribution < 1.29 is 4.74 Å². The van der Waals surface area contributed by atoms with Crippen LogP contribution in [0.25, 0.3) is 5.69 Å². The molecule has 0 unspecified atom stereocenters. The Balaban J connectivity index is 2.54. The third-order valence-corrected chi connectivity index (χ3v) is 2.11. The van der Waals surface area contributed by atoms with Gasteiger partial charge < -0.3 is 10.5 Å². The highest BCUT2D eigenvalue weighted by Crippen LogP contribution is 2.14. The van der Waals surface area contributed by atoms with E-state index in [-0.39, 0.29) is 11.2 Å². The number of nitrogens with two attached hydrogens (primary N) is 1. The zero-order valence-electron chi connectivity index (χ0n) is 8.23. The summed E-state index contributed by atoms with van der Waals surface area (Å²) in [5, 5.41) is 2.76. The molecule has 0 bridgehead atoms. The van der Waals surface area contributed by atoms with Crippen molar-refractivity contribution in [2.75, 3.05) is 12.8 Å². The number of methoxy groups -OCH3 is 1. The number of rotatable bonds is 2. The summed E-state index contributed by atoms with van der Waals surface area (Å²) in [6.07, 6.45) is 1.46. The van der Waals surface area contributed by atoms with Gasteiger partial charge in [0.2, 0.25) is 0 Å². The molecule has 0 amide bonds. The van der Waals surface area contributed by atoms with Crippen LogP contribution < -0.4 is 16.0 Å². The van der Waals surface area contributed by atoms with Crippen LogP contribution in [-0.4, -0.2) is 16.9 Å².